The molecule has 4 saturated heterocycles. The summed E-state index contributed by atoms with van der Waals surface area (Å²) in [6.45, 7) is 6.59. The first kappa shape index (κ1) is 17.3. The summed E-state index contributed by atoms with van der Waals surface area (Å²) in [4.78, 5) is 10.1. The highest BCUT2D eigenvalue weighted by atomic mass is 19.1. The van der Waals surface area contributed by atoms with E-state index in [-0.39, 0.29) is 5.82 Å². The van der Waals surface area contributed by atoms with Crippen LogP contribution in [0, 0.1) is 11.7 Å². The minimum Gasteiger partial charge on any atom is -0.298 e. The first-order chi connectivity index (χ1) is 13.2. The number of piperidine rings is 3. The monoisotopic (exact) mass is 365 g/mol. The summed E-state index contributed by atoms with van der Waals surface area (Å²) in [6.07, 6.45) is 5.69. The zero-order valence-corrected chi connectivity index (χ0v) is 16.0. The molecule has 0 unspecified atom stereocenters. The summed E-state index contributed by atoms with van der Waals surface area (Å²) >= 11 is 0. The van der Waals surface area contributed by atoms with E-state index in [1.807, 2.05) is 18.3 Å². The molecule has 4 fully saturated rings. The van der Waals surface area contributed by atoms with Crippen molar-refractivity contribution >= 4 is 0 Å². The van der Waals surface area contributed by atoms with Crippen molar-refractivity contribution in [1.82, 2.24) is 14.8 Å². The van der Waals surface area contributed by atoms with Crippen LogP contribution in [0.15, 0.2) is 42.6 Å². The molecule has 1 aromatic heterocycles. The van der Waals surface area contributed by atoms with Gasteiger partial charge in [0.05, 0.1) is 5.69 Å². The van der Waals surface area contributed by atoms with Crippen molar-refractivity contribution in [3.8, 4) is 0 Å². The van der Waals surface area contributed by atoms with Crippen molar-refractivity contribution in [2.24, 2.45) is 5.92 Å². The normalized spacial score (nSPS) is 32.6. The number of benzene rings is 1. The van der Waals surface area contributed by atoms with Gasteiger partial charge in [-0.25, -0.2) is 4.39 Å². The maximum Gasteiger partial charge on any atom is 0.123 e. The first-order valence-electron chi connectivity index (χ1n) is 10.4. The summed E-state index contributed by atoms with van der Waals surface area (Å²) < 4.78 is 13.5. The molecule has 4 aliphatic heterocycles. The molecular weight excluding hydrogens is 337 g/mol. The molecule has 0 radical (unpaired) electrons. The highest BCUT2D eigenvalue weighted by Crippen LogP contribution is 2.46. The zero-order chi connectivity index (χ0) is 18.4. The number of nitrogens with zero attached hydrogens (tertiary/aromatic N) is 3. The molecule has 1 aromatic carbocycles. The van der Waals surface area contributed by atoms with E-state index in [1.54, 1.807) is 12.1 Å². The van der Waals surface area contributed by atoms with Crippen LogP contribution in [0.4, 0.5) is 4.39 Å². The third kappa shape index (κ3) is 3.09. The lowest BCUT2D eigenvalue weighted by Crippen LogP contribution is -2.60. The van der Waals surface area contributed by atoms with Gasteiger partial charge in [0.15, 0.2) is 0 Å². The Morgan fingerprint density at radius 1 is 1.04 bits per heavy atom. The van der Waals surface area contributed by atoms with Gasteiger partial charge in [-0.15, -0.1) is 0 Å². The molecule has 142 valence electrons. The van der Waals surface area contributed by atoms with Gasteiger partial charge in [-0.3, -0.25) is 14.8 Å². The Labute approximate surface area is 161 Å². The number of likely N-dealkylation sites (tertiary alicyclic amines) is 1. The molecule has 3 nitrogen and oxygen atoms in total. The van der Waals surface area contributed by atoms with Gasteiger partial charge in [-0.2, -0.15) is 0 Å². The average molecular weight is 365 g/mol. The van der Waals surface area contributed by atoms with Crippen LogP contribution in [-0.4, -0.2) is 46.5 Å². The van der Waals surface area contributed by atoms with Crippen LogP contribution in [0.25, 0.3) is 0 Å². The highest BCUT2D eigenvalue weighted by Gasteiger charge is 2.53. The number of fused-ring (bicyclic) bond motifs is 2. The largest absolute Gasteiger partial charge is 0.298 e. The predicted molar refractivity (Wildman–Crippen MR) is 105 cm³/mol. The Morgan fingerprint density at radius 3 is 2.48 bits per heavy atom. The van der Waals surface area contributed by atoms with Crippen LogP contribution in [-0.2, 0) is 13.0 Å². The molecule has 2 bridgehead atoms. The molecule has 0 saturated carbocycles. The molecular formula is C23H28FN3. The van der Waals surface area contributed by atoms with Gasteiger partial charge in [0.25, 0.3) is 0 Å². The van der Waals surface area contributed by atoms with Gasteiger partial charge in [-0.1, -0.05) is 25.1 Å². The van der Waals surface area contributed by atoms with E-state index >= 15 is 0 Å². The summed E-state index contributed by atoms with van der Waals surface area (Å²) in [5.74, 6) is 1.12. The first-order valence-corrected chi connectivity index (χ1v) is 10.4. The number of hydrogen-bond donors (Lipinski definition) is 0. The van der Waals surface area contributed by atoms with Crippen molar-refractivity contribution in [1.29, 1.82) is 0 Å². The summed E-state index contributed by atoms with van der Waals surface area (Å²) in [7, 11) is 0. The lowest BCUT2D eigenvalue weighted by Gasteiger charge is -2.51. The van der Waals surface area contributed by atoms with E-state index in [1.165, 1.54) is 42.8 Å². The lowest BCUT2D eigenvalue weighted by molar-refractivity contribution is -0.00898. The van der Waals surface area contributed by atoms with Crippen LogP contribution >= 0.6 is 0 Å². The number of hydrogen-bond acceptors (Lipinski definition) is 3. The Bertz CT molecular complexity index is 780. The van der Waals surface area contributed by atoms with Crippen LogP contribution < -0.4 is 0 Å². The predicted octanol–water partition coefficient (Wildman–Crippen LogP) is 3.85. The lowest BCUT2D eigenvalue weighted by atomic mass is 9.75. The van der Waals surface area contributed by atoms with Gasteiger partial charge in [0.1, 0.15) is 5.82 Å². The van der Waals surface area contributed by atoms with E-state index in [2.05, 4.69) is 28.9 Å². The van der Waals surface area contributed by atoms with Crippen LogP contribution in [0.3, 0.4) is 0 Å². The Balaban J connectivity index is 1.43. The van der Waals surface area contributed by atoms with E-state index < -0.39 is 0 Å². The number of halogens is 1. The number of pyridine rings is 1. The number of aryl methyl sites for hydroxylation is 1. The fourth-order valence-electron chi connectivity index (χ4n) is 5.69. The van der Waals surface area contributed by atoms with Crippen LogP contribution in [0.2, 0.25) is 0 Å². The maximum atomic E-state index is 13.5. The molecule has 27 heavy (non-hydrogen) atoms. The van der Waals surface area contributed by atoms with Crippen molar-refractivity contribution in [2.75, 3.05) is 19.6 Å². The highest BCUT2D eigenvalue weighted by molar-refractivity contribution is 5.28. The third-order valence-electron chi connectivity index (χ3n) is 7.05. The Hall–Kier alpha value is -1.78. The molecule has 4 aliphatic rings. The fourth-order valence-corrected chi connectivity index (χ4v) is 5.69. The molecule has 3 atom stereocenters. The molecule has 4 heteroatoms. The van der Waals surface area contributed by atoms with Crippen molar-refractivity contribution in [3.05, 3.63) is 65.2 Å². The summed E-state index contributed by atoms with van der Waals surface area (Å²) in [5, 5.41) is 0. The van der Waals surface area contributed by atoms with Gasteiger partial charge < -0.3 is 0 Å². The molecule has 5 heterocycles. The van der Waals surface area contributed by atoms with Gasteiger partial charge >= 0.3 is 0 Å². The number of rotatable bonds is 4. The quantitative estimate of drug-likeness (QED) is 0.821. The summed E-state index contributed by atoms with van der Waals surface area (Å²) in [6, 6.07) is 12.8. The van der Waals surface area contributed by atoms with Crippen molar-refractivity contribution < 1.29 is 4.39 Å². The molecule has 0 spiro atoms. The van der Waals surface area contributed by atoms with Crippen molar-refractivity contribution in [3.63, 3.8) is 0 Å². The maximum absolute atomic E-state index is 13.5. The average Bonchev–Trinajstić information content (AvgIpc) is 3.11. The van der Waals surface area contributed by atoms with Gasteiger partial charge in [0, 0.05) is 37.3 Å². The second-order valence-electron chi connectivity index (χ2n) is 8.45. The second kappa shape index (κ2) is 6.99. The standard InChI is InChI=1S/C23H28FN3/c1-2-16-3-8-20(25-13-16)14-27-15-21(17-4-6-19(24)7-5-17)23-22(27)18-9-11-26(23)12-10-18/h3-8,13,18,21-23H,2,9-12,14-15H2,1H3/t21-,22+,23+/m0/s1. The van der Waals surface area contributed by atoms with Gasteiger partial charge in [0.2, 0.25) is 0 Å². The number of aromatic nitrogens is 1. The van der Waals surface area contributed by atoms with E-state index in [0.29, 0.717) is 18.0 Å². The minimum absolute atomic E-state index is 0.143. The molecule has 6 rings (SSSR count). The smallest absolute Gasteiger partial charge is 0.123 e. The fraction of sp³-hybridized carbons (Fsp3) is 0.522. The zero-order valence-electron chi connectivity index (χ0n) is 16.0. The topological polar surface area (TPSA) is 19.4 Å². The van der Waals surface area contributed by atoms with E-state index in [0.717, 1.165) is 25.4 Å². The third-order valence-corrected chi connectivity index (χ3v) is 7.05. The van der Waals surface area contributed by atoms with E-state index in [9.17, 15) is 4.39 Å². The minimum atomic E-state index is -0.143. The summed E-state index contributed by atoms with van der Waals surface area (Å²) in [5.41, 5.74) is 3.75. The molecule has 0 N–H and O–H groups in total. The SMILES string of the molecule is CCc1ccc(CN2C[C@@H](c3ccc(F)cc3)[C@@H]3[C@H]2C2CCN3CC2)nc1. The van der Waals surface area contributed by atoms with Crippen LogP contribution in [0.5, 0.6) is 0 Å². The second-order valence-corrected chi connectivity index (χ2v) is 8.45. The Morgan fingerprint density at radius 2 is 1.81 bits per heavy atom. The van der Waals surface area contributed by atoms with Crippen molar-refractivity contribution in [2.45, 2.75) is 50.7 Å². The Kier molecular flexibility index (Phi) is 4.49. The van der Waals surface area contributed by atoms with Gasteiger partial charge in [-0.05, 0) is 67.6 Å². The molecule has 2 aromatic rings. The van der Waals surface area contributed by atoms with E-state index in [4.69, 9.17) is 4.98 Å². The van der Waals surface area contributed by atoms with Crippen LogP contribution in [0.1, 0.15) is 42.5 Å². The molecule has 0 aliphatic carbocycles. The molecule has 0 amide bonds.